The van der Waals surface area contributed by atoms with Gasteiger partial charge in [-0.2, -0.15) is 4.31 Å². The largest absolute Gasteiger partial charge is 0.486 e. The van der Waals surface area contributed by atoms with Gasteiger partial charge in [-0.05, 0) is 46.8 Å². The zero-order chi connectivity index (χ0) is 31.1. The third-order valence-electron chi connectivity index (χ3n) is 7.25. The van der Waals surface area contributed by atoms with Crippen LogP contribution in [0.4, 0.5) is 5.69 Å². The lowest BCUT2D eigenvalue weighted by Gasteiger charge is -2.38. The van der Waals surface area contributed by atoms with Crippen molar-refractivity contribution in [2.75, 3.05) is 31.5 Å². The van der Waals surface area contributed by atoms with E-state index in [1.54, 1.807) is 13.8 Å². The van der Waals surface area contributed by atoms with Crippen LogP contribution in [-0.2, 0) is 20.0 Å². The average Bonchev–Trinajstić information content (AvgIpc) is 3.45. The summed E-state index contributed by atoms with van der Waals surface area (Å²) in [6.07, 6.45) is -0.852. The summed E-state index contributed by atoms with van der Waals surface area (Å²) in [5.41, 5.74) is 0.368. The van der Waals surface area contributed by atoms with Crippen LogP contribution in [0.3, 0.4) is 0 Å². The van der Waals surface area contributed by atoms with Crippen LogP contribution in [-0.4, -0.2) is 86.3 Å². The number of nitrogens with one attached hydrogen (secondary N) is 1. The lowest BCUT2D eigenvalue weighted by Crippen LogP contribution is -2.50. The summed E-state index contributed by atoms with van der Waals surface area (Å²) in [6, 6.07) is 3.84. The molecular formula is C26H35N5O9S2. The Bertz CT molecular complexity index is 1660. The fourth-order valence-electron chi connectivity index (χ4n) is 4.95. The van der Waals surface area contributed by atoms with E-state index in [1.807, 2.05) is 0 Å². The van der Waals surface area contributed by atoms with Gasteiger partial charge in [-0.3, -0.25) is 9.52 Å². The molecule has 1 aliphatic rings. The highest BCUT2D eigenvalue weighted by atomic mass is 32.2. The van der Waals surface area contributed by atoms with E-state index in [1.165, 1.54) is 57.8 Å². The minimum absolute atomic E-state index is 0.0345. The summed E-state index contributed by atoms with van der Waals surface area (Å²) in [6.45, 7) is 9.10. The summed E-state index contributed by atoms with van der Waals surface area (Å²) < 4.78 is 73.9. The molecule has 2 aromatic heterocycles. The van der Waals surface area contributed by atoms with Crippen LogP contribution in [0.2, 0.25) is 0 Å². The lowest BCUT2D eigenvalue weighted by molar-refractivity contribution is 0.0389. The number of carbonyl (C=O) groups excluding carboxylic acids is 1. The molecule has 14 nitrogen and oxygen atoms in total. The fourth-order valence-corrected chi connectivity index (χ4v) is 7.81. The van der Waals surface area contributed by atoms with Gasteiger partial charge < -0.3 is 23.8 Å². The van der Waals surface area contributed by atoms with Crippen LogP contribution >= 0.6 is 0 Å². The number of aliphatic hydroxyl groups excluding tert-OH is 1. The fraction of sp³-hybridized carbons (Fsp3) is 0.500. The maximum Gasteiger partial charge on any atom is 0.267 e. The van der Waals surface area contributed by atoms with E-state index < -0.39 is 44.0 Å². The zero-order valence-electron chi connectivity index (χ0n) is 24.4. The van der Waals surface area contributed by atoms with Crippen molar-refractivity contribution in [1.29, 1.82) is 0 Å². The molecule has 0 fully saturated rings. The Kier molecular flexibility index (Phi) is 8.74. The van der Waals surface area contributed by atoms with Crippen LogP contribution in [0.15, 0.2) is 37.0 Å². The Hall–Kier alpha value is -3.47. The Morgan fingerprint density at radius 3 is 2.21 bits per heavy atom. The summed E-state index contributed by atoms with van der Waals surface area (Å²) in [7, 11) is -6.89. The number of likely N-dealkylation sites (N-methyl/N-ethyl adjacent to an activating group) is 1. The molecule has 0 unspecified atom stereocenters. The maximum absolute atomic E-state index is 13.7. The van der Waals surface area contributed by atoms with Crippen molar-refractivity contribution in [2.24, 2.45) is 5.92 Å². The van der Waals surface area contributed by atoms with Crippen LogP contribution in [0.1, 0.15) is 47.1 Å². The Morgan fingerprint density at radius 2 is 1.67 bits per heavy atom. The number of fused-ring (bicyclic) bond motifs is 1. The smallest absolute Gasteiger partial charge is 0.267 e. The molecule has 16 heteroatoms. The summed E-state index contributed by atoms with van der Waals surface area (Å²) >= 11 is 0. The van der Waals surface area contributed by atoms with Crippen molar-refractivity contribution in [2.45, 2.75) is 63.5 Å². The molecule has 0 bridgehead atoms. The molecule has 0 saturated heterocycles. The monoisotopic (exact) mass is 625 g/mol. The van der Waals surface area contributed by atoms with Crippen LogP contribution in [0, 0.1) is 33.6 Å². The Morgan fingerprint density at radius 1 is 1.07 bits per heavy atom. The van der Waals surface area contributed by atoms with Gasteiger partial charge in [0.15, 0.2) is 22.2 Å². The number of hydrogen-bond acceptors (Lipinski definition) is 11. The normalized spacial score (nSPS) is 18.8. The summed E-state index contributed by atoms with van der Waals surface area (Å²) in [5, 5.41) is 17.4. The van der Waals surface area contributed by atoms with Gasteiger partial charge in [0.25, 0.3) is 15.9 Å². The van der Waals surface area contributed by atoms with E-state index in [-0.39, 0.29) is 69.4 Å². The molecule has 0 aliphatic carbocycles. The van der Waals surface area contributed by atoms with Gasteiger partial charge in [0.1, 0.15) is 22.4 Å². The minimum Gasteiger partial charge on any atom is -0.486 e. The number of aryl methyl sites for hydroxylation is 4. The maximum atomic E-state index is 13.7. The first kappa shape index (κ1) is 31.5. The summed E-state index contributed by atoms with van der Waals surface area (Å²) in [5.74, 6) is -0.789. The van der Waals surface area contributed by atoms with Crippen molar-refractivity contribution in [3.63, 3.8) is 0 Å². The number of rotatable bonds is 9. The first-order valence-corrected chi connectivity index (χ1v) is 16.1. The second kappa shape index (κ2) is 11.7. The van der Waals surface area contributed by atoms with Gasteiger partial charge in [-0.15, -0.1) is 0 Å². The van der Waals surface area contributed by atoms with Gasteiger partial charge in [-0.1, -0.05) is 23.3 Å². The number of nitrogens with zero attached hydrogens (tertiary/aromatic N) is 4. The first-order chi connectivity index (χ1) is 19.6. The third-order valence-corrected chi connectivity index (χ3v) is 10.9. The molecule has 3 atom stereocenters. The second-order valence-electron chi connectivity index (χ2n) is 10.5. The number of para-hydroxylation sites is 1. The molecule has 1 aliphatic heterocycles. The molecule has 1 aromatic carbocycles. The van der Waals surface area contributed by atoms with Crippen molar-refractivity contribution in [3.8, 4) is 5.75 Å². The van der Waals surface area contributed by atoms with Gasteiger partial charge in [0, 0.05) is 19.5 Å². The highest BCUT2D eigenvalue weighted by molar-refractivity contribution is 7.92. The minimum atomic E-state index is -4.23. The number of hydrogen-bond donors (Lipinski definition) is 2. The van der Waals surface area contributed by atoms with Crippen molar-refractivity contribution < 1.29 is 40.5 Å². The lowest BCUT2D eigenvalue weighted by atomic mass is 9.99. The molecule has 230 valence electrons. The molecule has 0 saturated carbocycles. The topological polar surface area (TPSA) is 185 Å². The van der Waals surface area contributed by atoms with Gasteiger partial charge in [0.05, 0.1) is 30.4 Å². The van der Waals surface area contributed by atoms with Gasteiger partial charge in [0.2, 0.25) is 10.0 Å². The van der Waals surface area contributed by atoms with Crippen molar-refractivity contribution in [1.82, 2.24) is 19.5 Å². The van der Waals surface area contributed by atoms with Crippen LogP contribution in [0.5, 0.6) is 5.75 Å². The number of ether oxygens (including phenoxy) is 1. The predicted molar refractivity (Wildman–Crippen MR) is 150 cm³/mol. The van der Waals surface area contributed by atoms with Gasteiger partial charge >= 0.3 is 0 Å². The van der Waals surface area contributed by atoms with Crippen molar-refractivity contribution in [3.05, 3.63) is 46.7 Å². The molecule has 2 N–H and O–H groups in total. The first-order valence-electron chi connectivity index (χ1n) is 13.2. The van der Waals surface area contributed by atoms with Gasteiger partial charge in [-0.25, -0.2) is 16.8 Å². The third kappa shape index (κ3) is 5.75. The van der Waals surface area contributed by atoms with E-state index in [0.29, 0.717) is 0 Å². The zero-order valence-corrected chi connectivity index (χ0v) is 26.0. The van der Waals surface area contributed by atoms with E-state index >= 15 is 0 Å². The standard InChI is InChI=1S/C26H35N5O9S2/c1-14-11-31(15(2)13-32)26(33)20-9-8-10-21(29-41(34,35)24-16(3)27-39-18(24)5)23(20)38-22(14)12-30(7)42(36,37)25-17(4)28-40-19(25)6/h8-10,14-15,22,29,32H,11-13H2,1-7H3/t14-,15+,22-/m1/s1. The molecule has 42 heavy (non-hydrogen) atoms. The number of sulfonamides is 2. The highest BCUT2D eigenvalue weighted by Crippen LogP contribution is 2.37. The van der Waals surface area contributed by atoms with Crippen LogP contribution < -0.4 is 9.46 Å². The predicted octanol–water partition coefficient (Wildman–Crippen LogP) is 2.24. The van der Waals surface area contributed by atoms with E-state index in [4.69, 9.17) is 13.8 Å². The van der Waals surface area contributed by atoms with E-state index in [2.05, 4.69) is 15.0 Å². The number of aromatic nitrogens is 2. The number of anilines is 1. The van der Waals surface area contributed by atoms with Crippen LogP contribution in [0.25, 0.3) is 0 Å². The quantitative estimate of drug-likeness (QED) is 0.355. The average molecular weight is 626 g/mol. The molecule has 0 radical (unpaired) electrons. The molecule has 4 rings (SSSR count). The molecule has 3 heterocycles. The second-order valence-corrected chi connectivity index (χ2v) is 14.1. The number of aliphatic hydroxyl groups is 1. The van der Waals surface area contributed by atoms with E-state index in [0.717, 1.165) is 4.31 Å². The number of benzene rings is 1. The number of amides is 1. The number of carbonyl (C=O) groups is 1. The molecule has 1 amide bonds. The Labute approximate surface area is 244 Å². The summed E-state index contributed by atoms with van der Waals surface area (Å²) in [4.78, 5) is 15.0. The molecule has 0 spiro atoms. The Balaban J connectivity index is 1.80. The SMILES string of the molecule is Cc1noc(C)c1S(=O)(=O)Nc1cccc2c1O[C@H](CN(C)S(=O)(=O)c1c(C)noc1C)[C@H](C)CN([C@@H](C)CO)C2=O. The van der Waals surface area contributed by atoms with E-state index in [9.17, 15) is 26.7 Å². The van der Waals surface area contributed by atoms with Crippen molar-refractivity contribution >= 4 is 31.6 Å². The highest BCUT2D eigenvalue weighted by Gasteiger charge is 2.38. The molecular weight excluding hydrogens is 590 g/mol. The molecule has 3 aromatic rings.